The number of benzene rings is 1. The van der Waals surface area contributed by atoms with Crippen LogP contribution in [0, 0.1) is 19.7 Å². The number of rotatable bonds is 6. The zero-order valence-corrected chi connectivity index (χ0v) is 12.8. The summed E-state index contributed by atoms with van der Waals surface area (Å²) >= 11 is 0. The van der Waals surface area contributed by atoms with Gasteiger partial charge in [0.05, 0.1) is 6.10 Å². The minimum Gasteiger partial charge on any atom is -0.378 e. The molecular weight excluding hydrogens is 253 g/mol. The van der Waals surface area contributed by atoms with Crippen molar-refractivity contribution in [2.45, 2.75) is 58.6 Å². The van der Waals surface area contributed by atoms with Crippen LogP contribution >= 0.6 is 0 Å². The zero-order valence-electron chi connectivity index (χ0n) is 12.8. The minimum atomic E-state index is -0.141. The van der Waals surface area contributed by atoms with Gasteiger partial charge in [0.15, 0.2) is 0 Å². The van der Waals surface area contributed by atoms with Crippen molar-refractivity contribution in [3.63, 3.8) is 0 Å². The number of nitrogens with one attached hydrogen (secondary N) is 1. The van der Waals surface area contributed by atoms with Crippen LogP contribution in [0.2, 0.25) is 0 Å². The molecule has 0 aliphatic carbocycles. The average molecular weight is 279 g/mol. The van der Waals surface area contributed by atoms with Crippen LogP contribution in [-0.4, -0.2) is 19.3 Å². The van der Waals surface area contributed by atoms with Gasteiger partial charge in [-0.1, -0.05) is 6.92 Å². The molecule has 3 heteroatoms. The van der Waals surface area contributed by atoms with E-state index in [9.17, 15) is 4.39 Å². The maximum absolute atomic E-state index is 13.4. The van der Waals surface area contributed by atoms with Gasteiger partial charge in [0, 0.05) is 12.6 Å². The lowest BCUT2D eigenvalue weighted by Crippen LogP contribution is -2.24. The van der Waals surface area contributed by atoms with Crippen LogP contribution in [0.4, 0.5) is 4.39 Å². The van der Waals surface area contributed by atoms with Gasteiger partial charge in [-0.2, -0.15) is 0 Å². The molecule has 0 saturated carbocycles. The van der Waals surface area contributed by atoms with Crippen molar-refractivity contribution in [3.8, 4) is 0 Å². The van der Waals surface area contributed by atoms with E-state index in [-0.39, 0.29) is 5.82 Å². The Labute approximate surface area is 121 Å². The summed E-state index contributed by atoms with van der Waals surface area (Å²) in [5.41, 5.74) is 3.34. The van der Waals surface area contributed by atoms with Gasteiger partial charge in [0.25, 0.3) is 0 Å². The largest absolute Gasteiger partial charge is 0.378 e. The van der Waals surface area contributed by atoms with Gasteiger partial charge in [-0.05, 0) is 74.9 Å². The Morgan fingerprint density at radius 1 is 1.35 bits per heavy atom. The van der Waals surface area contributed by atoms with E-state index in [1.165, 1.54) is 18.4 Å². The summed E-state index contributed by atoms with van der Waals surface area (Å²) < 4.78 is 19.2. The number of hydrogen-bond donors (Lipinski definition) is 1. The van der Waals surface area contributed by atoms with Crippen molar-refractivity contribution in [1.82, 2.24) is 5.32 Å². The third-order valence-corrected chi connectivity index (χ3v) is 4.16. The fourth-order valence-corrected chi connectivity index (χ4v) is 3.29. The van der Waals surface area contributed by atoms with Crippen LogP contribution in [0.15, 0.2) is 12.1 Å². The second-order valence-electron chi connectivity index (χ2n) is 5.78. The second kappa shape index (κ2) is 7.19. The molecule has 1 saturated heterocycles. The fraction of sp³-hybridized carbons (Fsp3) is 0.647. The van der Waals surface area contributed by atoms with Crippen molar-refractivity contribution in [1.29, 1.82) is 0 Å². The van der Waals surface area contributed by atoms with Gasteiger partial charge in [0.2, 0.25) is 0 Å². The molecule has 2 nitrogen and oxygen atoms in total. The molecule has 1 aliphatic heterocycles. The molecule has 2 unspecified atom stereocenters. The molecular formula is C17H26FNO. The quantitative estimate of drug-likeness (QED) is 0.848. The summed E-state index contributed by atoms with van der Waals surface area (Å²) in [6.45, 7) is 7.95. The lowest BCUT2D eigenvalue weighted by Gasteiger charge is -2.24. The molecule has 1 N–H and O–H groups in total. The predicted molar refractivity (Wildman–Crippen MR) is 80.5 cm³/mol. The van der Waals surface area contributed by atoms with Crippen LogP contribution in [0.1, 0.15) is 55.3 Å². The number of ether oxygens (including phenoxy) is 1. The molecule has 1 aromatic carbocycles. The fourth-order valence-electron chi connectivity index (χ4n) is 3.29. The first-order chi connectivity index (χ1) is 9.61. The first-order valence-corrected chi connectivity index (χ1v) is 7.73. The first kappa shape index (κ1) is 15.5. The summed E-state index contributed by atoms with van der Waals surface area (Å²) in [6.07, 6.45) is 4.91. The predicted octanol–water partition coefficient (Wildman–Crippen LogP) is 4.05. The van der Waals surface area contributed by atoms with E-state index < -0.39 is 0 Å². The molecule has 1 heterocycles. The van der Waals surface area contributed by atoms with Crippen LogP contribution in [0.3, 0.4) is 0 Å². The molecule has 1 aliphatic rings. The standard InChI is InChI=1S/C17H26FNO/c1-4-19-16(8-7-15-6-5-9-20-15)17-12(2)10-14(18)11-13(17)3/h10-11,15-16,19H,4-9H2,1-3H3. The van der Waals surface area contributed by atoms with E-state index in [1.54, 1.807) is 12.1 Å². The maximum atomic E-state index is 13.4. The SMILES string of the molecule is CCNC(CCC1CCCO1)c1c(C)cc(F)cc1C. The van der Waals surface area contributed by atoms with Crippen LogP contribution in [0.25, 0.3) is 0 Å². The summed E-state index contributed by atoms with van der Waals surface area (Å²) in [6, 6.07) is 3.57. The molecule has 20 heavy (non-hydrogen) atoms. The molecule has 0 radical (unpaired) electrons. The lowest BCUT2D eigenvalue weighted by molar-refractivity contribution is 0.0996. The number of aryl methyl sites for hydroxylation is 2. The van der Waals surface area contributed by atoms with E-state index in [2.05, 4.69) is 12.2 Å². The van der Waals surface area contributed by atoms with Gasteiger partial charge in [-0.15, -0.1) is 0 Å². The van der Waals surface area contributed by atoms with E-state index in [4.69, 9.17) is 4.74 Å². The van der Waals surface area contributed by atoms with Gasteiger partial charge >= 0.3 is 0 Å². The highest BCUT2D eigenvalue weighted by atomic mass is 19.1. The molecule has 0 spiro atoms. The molecule has 112 valence electrons. The summed E-state index contributed by atoms with van der Waals surface area (Å²) in [5, 5.41) is 3.55. The highest BCUT2D eigenvalue weighted by molar-refractivity contribution is 5.36. The molecule has 0 bridgehead atoms. The van der Waals surface area contributed by atoms with E-state index >= 15 is 0 Å². The Morgan fingerprint density at radius 2 is 2.05 bits per heavy atom. The Hall–Kier alpha value is -0.930. The van der Waals surface area contributed by atoms with Crippen LogP contribution in [0.5, 0.6) is 0 Å². The number of hydrogen-bond acceptors (Lipinski definition) is 2. The van der Waals surface area contributed by atoms with Crippen molar-refractivity contribution in [2.24, 2.45) is 0 Å². The van der Waals surface area contributed by atoms with Crippen LogP contribution in [-0.2, 0) is 4.74 Å². The highest BCUT2D eigenvalue weighted by Crippen LogP contribution is 2.29. The second-order valence-corrected chi connectivity index (χ2v) is 5.78. The first-order valence-electron chi connectivity index (χ1n) is 7.73. The minimum absolute atomic E-state index is 0.141. The molecule has 2 rings (SSSR count). The van der Waals surface area contributed by atoms with Gasteiger partial charge in [0.1, 0.15) is 5.82 Å². The Morgan fingerprint density at radius 3 is 2.60 bits per heavy atom. The lowest BCUT2D eigenvalue weighted by atomic mass is 9.92. The molecule has 0 aromatic heterocycles. The van der Waals surface area contributed by atoms with E-state index in [1.807, 2.05) is 13.8 Å². The highest BCUT2D eigenvalue weighted by Gasteiger charge is 2.20. The smallest absolute Gasteiger partial charge is 0.123 e. The average Bonchev–Trinajstić information content (AvgIpc) is 2.87. The molecule has 2 atom stereocenters. The van der Waals surface area contributed by atoms with E-state index in [0.29, 0.717) is 12.1 Å². The molecule has 1 fully saturated rings. The Kier molecular flexibility index (Phi) is 5.55. The summed E-state index contributed by atoms with van der Waals surface area (Å²) in [7, 11) is 0. The third kappa shape index (κ3) is 3.80. The molecule has 1 aromatic rings. The molecule has 0 amide bonds. The topological polar surface area (TPSA) is 21.3 Å². The summed E-state index contributed by atoms with van der Waals surface area (Å²) in [5.74, 6) is -0.141. The van der Waals surface area contributed by atoms with Gasteiger partial charge < -0.3 is 10.1 Å². The van der Waals surface area contributed by atoms with Gasteiger partial charge in [-0.25, -0.2) is 4.39 Å². The van der Waals surface area contributed by atoms with Crippen LogP contribution < -0.4 is 5.32 Å². The van der Waals surface area contributed by atoms with Crippen molar-refractivity contribution < 1.29 is 9.13 Å². The Bertz CT molecular complexity index is 418. The van der Waals surface area contributed by atoms with Crippen molar-refractivity contribution in [3.05, 3.63) is 34.6 Å². The third-order valence-electron chi connectivity index (χ3n) is 4.16. The number of halogens is 1. The normalized spacial score (nSPS) is 20.3. The van der Waals surface area contributed by atoms with Crippen molar-refractivity contribution in [2.75, 3.05) is 13.2 Å². The summed E-state index contributed by atoms with van der Waals surface area (Å²) in [4.78, 5) is 0. The Balaban J connectivity index is 2.10. The monoisotopic (exact) mass is 279 g/mol. The van der Waals surface area contributed by atoms with Crippen molar-refractivity contribution >= 4 is 0 Å². The van der Waals surface area contributed by atoms with Gasteiger partial charge in [-0.3, -0.25) is 0 Å². The maximum Gasteiger partial charge on any atom is 0.123 e. The zero-order chi connectivity index (χ0) is 14.5. The van der Waals surface area contributed by atoms with E-state index in [0.717, 1.165) is 37.1 Å².